The second-order valence-electron chi connectivity index (χ2n) is 7.13. The summed E-state index contributed by atoms with van der Waals surface area (Å²) in [6.07, 6.45) is -0.331. The smallest absolute Gasteiger partial charge is 0.409 e. The van der Waals surface area contributed by atoms with Crippen LogP contribution in [0.2, 0.25) is 5.02 Å². The van der Waals surface area contributed by atoms with Crippen LogP contribution >= 0.6 is 11.6 Å². The van der Waals surface area contributed by atoms with E-state index in [-0.39, 0.29) is 12.7 Å². The molecule has 1 saturated heterocycles. The van der Waals surface area contributed by atoms with Crippen molar-refractivity contribution in [3.05, 3.63) is 46.1 Å². The molecule has 0 aliphatic carbocycles. The van der Waals surface area contributed by atoms with Crippen LogP contribution in [0, 0.1) is 0 Å². The average molecular weight is 451 g/mol. The van der Waals surface area contributed by atoms with Gasteiger partial charge in [0, 0.05) is 43.4 Å². The second kappa shape index (κ2) is 10.5. The number of carbonyl (C=O) groups excluding carboxylic acids is 3. The number of urea groups is 1. The van der Waals surface area contributed by atoms with Gasteiger partial charge in [-0.3, -0.25) is 4.90 Å². The van der Waals surface area contributed by atoms with Crippen LogP contribution in [0.5, 0.6) is 0 Å². The van der Waals surface area contributed by atoms with E-state index in [1.807, 2.05) is 0 Å². The van der Waals surface area contributed by atoms with Gasteiger partial charge in [0.15, 0.2) is 0 Å². The summed E-state index contributed by atoms with van der Waals surface area (Å²) in [4.78, 5) is 40.9. The molecule has 2 aliphatic rings. The first-order valence-electron chi connectivity index (χ1n) is 10.3. The van der Waals surface area contributed by atoms with Crippen molar-refractivity contribution in [2.24, 2.45) is 0 Å². The van der Waals surface area contributed by atoms with Crippen LogP contribution in [-0.4, -0.2) is 73.8 Å². The molecule has 1 aromatic carbocycles. The van der Waals surface area contributed by atoms with Gasteiger partial charge >= 0.3 is 18.1 Å². The van der Waals surface area contributed by atoms with Crippen molar-refractivity contribution in [1.29, 1.82) is 0 Å². The molecular formula is C21H27ClN4O5. The molecule has 10 heteroatoms. The van der Waals surface area contributed by atoms with E-state index in [2.05, 4.69) is 15.5 Å². The van der Waals surface area contributed by atoms with E-state index in [9.17, 15) is 14.4 Å². The number of nitrogens with zero attached hydrogens (tertiary/aromatic N) is 2. The van der Waals surface area contributed by atoms with Crippen LogP contribution in [0.4, 0.5) is 9.59 Å². The average Bonchev–Trinajstić information content (AvgIpc) is 2.74. The lowest BCUT2D eigenvalue weighted by Gasteiger charge is -2.36. The molecule has 0 bridgehead atoms. The van der Waals surface area contributed by atoms with E-state index in [4.69, 9.17) is 21.1 Å². The van der Waals surface area contributed by atoms with Gasteiger partial charge in [-0.1, -0.05) is 29.8 Å². The Bertz CT molecular complexity index is 867. The van der Waals surface area contributed by atoms with Crippen molar-refractivity contribution in [1.82, 2.24) is 20.4 Å². The zero-order chi connectivity index (χ0) is 22.4. The predicted octanol–water partition coefficient (Wildman–Crippen LogP) is 2.29. The van der Waals surface area contributed by atoms with Crippen molar-refractivity contribution in [2.75, 3.05) is 45.9 Å². The molecule has 1 atom stereocenters. The van der Waals surface area contributed by atoms with Crippen LogP contribution < -0.4 is 10.6 Å². The highest BCUT2D eigenvalue weighted by Gasteiger charge is 2.35. The third-order valence-corrected chi connectivity index (χ3v) is 5.49. The molecule has 3 rings (SSSR count). The summed E-state index contributed by atoms with van der Waals surface area (Å²) in [5.74, 6) is -0.514. The van der Waals surface area contributed by atoms with Gasteiger partial charge in [0.05, 0.1) is 24.8 Å². The summed E-state index contributed by atoms with van der Waals surface area (Å²) < 4.78 is 10.3. The summed E-state index contributed by atoms with van der Waals surface area (Å²) in [5.41, 5.74) is 1.41. The topological polar surface area (TPSA) is 100 Å². The van der Waals surface area contributed by atoms with E-state index in [0.29, 0.717) is 61.2 Å². The number of hydrogen-bond acceptors (Lipinski definition) is 6. The maximum atomic E-state index is 12.9. The first-order chi connectivity index (χ1) is 14.9. The third-order valence-electron chi connectivity index (χ3n) is 5.15. The van der Waals surface area contributed by atoms with E-state index < -0.39 is 18.0 Å². The minimum absolute atomic E-state index is 0.205. The molecule has 0 spiro atoms. The highest BCUT2D eigenvalue weighted by atomic mass is 35.5. The number of ether oxygens (including phenoxy) is 2. The monoisotopic (exact) mass is 450 g/mol. The highest BCUT2D eigenvalue weighted by molar-refractivity contribution is 6.31. The molecule has 2 heterocycles. The van der Waals surface area contributed by atoms with Crippen LogP contribution in [0.1, 0.15) is 25.5 Å². The number of nitrogens with one attached hydrogen (secondary N) is 2. The Morgan fingerprint density at radius 3 is 2.42 bits per heavy atom. The molecule has 0 radical (unpaired) electrons. The lowest BCUT2D eigenvalue weighted by atomic mass is 9.95. The third kappa shape index (κ3) is 5.48. The van der Waals surface area contributed by atoms with Gasteiger partial charge < -0.3 is 25.0 Å². The molecule has 1 fully saturated rings. The number of piperazine rings is 1. The van der Waals surface area contributed by atoms with E-state index in [0.717, 1.165) is 0 Å². The molecule has 0 aromatic heterocycles. The fourth-order valence-electron chi connectivity index (χ4n) is 3.66. The zero-order valence-corrected chi connectivity index (χ0v) is 18.4. The Morgan fingerprint density at radius 2 is 1.77 bits per heavy atom. The standard InChI is InChI=1S/C21H27ClN4O5/c1-3-30-19(27)17-16(13-25-9-11-26(12-10-25)21(29)31-4-2)23-20(28)24-18(17)14-7-5-6-8-15(14)22/h5-8,18H,3-4,9-13H2,1-2H3,(H2,23,24,28)/t18-/m1/s1. The maximum absolute atomic E-state index is 12.9. The maximum Gasteiger partial charge on any atom is 0.409 e. The van der Waals surface area contributed by atoms with Crippen molar-refractivity contribution in [3.63, 3.8) is 0 Å². The number of hydrogen-bond donors (Lipinski definition) is 2. The van der Waals surface area contributed by atoms with Crippen LogP contribution in [0.15, 0.2) is 35.5 Å². The van der Waals surface area contributed by atoms with E-state index >= 15 is 0 Å². The molecule has 0 saturated carbocycles. The molecule has 31 heavy (non-hydrogen) atoms. The summed E-state index contributed by atoms with van der Waals surface area (Å²) in [6, 6.07) is 5.92. The Balaban J connectivity index is 1.85. The Kier molecular flexibility index (Phi) is 7.75. The molecule has 0 unspecified atom stereocenters. The summed E-state index contributed by atoms with van der Waals surface area (Å²) in [7, 11) is 0. The quantitative estimate of drug-likeness (QED) is 0.645. The van der Waals surface area contributed by atoms with Crippen molar-refractivity contribution in [3.8, 4) is 0 Å². The highest BCUT2D eigenvalue weighted by Crippen LogP contribution is 2.32. The van der Waals surface area contributed by atoms with Gasteiger partial charge in [0.2, 0.25) is 0 Å². The second-order valence-corrected chi connectivity index (χ2v) is 7.54. The number of carbonyl (C=O) groups is 3. The van der Waals surface area contributed by atoms with Gasteiger partial charge in [0.25, 0.3) is 0 Å². The summed E-state index contributed by atoms with van der Waals surface area (Å²) in [6.45, 7) is 6.53. The van der Waals surface area contributed by atoms with Crippen molar-refractivity contribution in [2.45, 2.75) is 19.9 Å². The van der Waals surface area contributed by atoms with Crippen LogP contribution in [0.25, 0.3) is 0 Å². The van der Waals surface area contributed by atoms with E-state index in [1.54, 1.807) is 43.0 Å². The number of esters is 1. The lowest BCUT2D eigenvalue weighted by Crippen LogP contribution is -2.52. The van der Waals surface area contributed by atoms with Gasteiger partial charge in [-0.15, -0.1) is 0 Å². The predicted molar refractivity (Wildman–Crippen MR) is 115 cm³/mol. The van der Waals surface area contributed by atoms with Crippen molar-refractivity contribution >= 4 is 29.7 Å². The number of benzene rings is 1. The fraction of sp³-hybridized carbons (Fsp3) is 0.476. The van der Waals surface area contributed by atoms with Crippen molar-refractivity contribution < 1.29 is 23.9 Å². The first-order valence-corrected chi connectivity index (χ1v) is 10.7. The summed E-state index contributed by atoms with van der Waals surface area (Å²) in [5, 5.41) is 5.99. The van der Waals surface area contributed by atoms with Crippen LogP contribution in [-0.2, 0) is 14.3 Å². The Hall–Kier alpha value is -2.78. The molecule has 168 valence electrons. The lowest BCUT2D eigenvalue weighted by molar-refractivity contribution is -0.139. The molecule has 2 N–H and O–H groups in total. The molecule has 2 aliphatic heterocycles. The Labute approximate surface area is 186 Å². The number of amides is 3. The van der Waals surface area contributed by atoms with E-state index in [1.165, 1.54) is 0 Å². The number of rotatable bonds is 6. The number of halogens is 1. The summed E-state index contributed by atoms with van der Waals surface area (Å²) >= 11 is 6.36. The SMILES string of the molecule is CCOC(=O)C1=C(CN2CCN(C(=O)OCC)CC2)NC(=O)N[C@@H]1c1ccccc1Cl. The van der Waals surface area contributed by atoms with Gasteiger partial charge in [0.1, 0.15) is 0 Å². The largest absolute Gasteiger partial charge is 0.463 e. The van der Waals surface area contributed by atoms with Gasteiger partial charge in [-0.05, 0) is 25.5 Å². The van der Waals surface area contributed by atoms with Gasteiger partial charge in [-0.2, -0.15) is 0 Å². The van der Waals surface area contributed by atoms with Crippen LogP contribution in [0.3, 0.4) is 0 Å². The zero-order valence-electron chi connectivity index (χ0n) is 17.7. The minimum Gasteiger partial charge on any atom is -0.463 e. The molecular weight excluding hydrogens is 424 g/mol. The Morgan fingerprint density at radius 1 is 1.10 bits per heavy atom. The first kappa shape index (κ1) is 22.9. The molecule has 3 amide bonds. The fourth-order valence-corrected chi connectivity index (χ4v) is 3.91. The minimum atomic E-state index is -0.725. The molecule has 9 nitrogen and oxygen atoms in total. The normalized spacial score (nSPS) is 19.5. The van der Waals surface area contributed by atoms with Gasteiger partial charge in [-0.25, -0.2) is 14.4 Å². The molecule has 1 aromatic rings.